The first-order valence-electron chi connectivity index (χ1n) is 6.56. The van der Waals surface area contributed by atoms with Gasteiger partial charge in [-0.1, -0.05) is 12.1 Å². The molecule has 0 atom stereocenters. The van der Waals surface area contributed by atoms with Crippen molar-refractivity contribution in [1.82, 2.24) is 4.90 Å². The van der Waals surface area contributed by atoms with Gasteiger partial charge in [-0.15, -0.1) is 0 Å². The second kappa shape index (κ2) is 6.57. The number of aliphatic carboxylic acids is 1. The molecule has 0 amide bonds. The van der Waals surface area contributed by atoms with Gasteiger partial charge in [-0.2, -0.15) is 0 Å². The summed E-state index contributed by atoms with van der Waals surface area (Å²) in [6.07, 6.45) is 0.147. The molecule has 4 nitrogen and oxygen atoms in total. The number of carbonyl (C=O) groups is 1. The zero-order chi connectivity index (χ0) is 14.6. The van der Waals surface area contributed by atoms with Crippen LogP contribution in [0.3, 0.4) is 0 Å². The lowest BCUT2D eigenvalue weighted by atomic mass is 10.0. The highest BCUT2D eigenvalue weighted by Crippen LogP contribution is 2.24. The van der Waals surface area contributed by atoms with Crippen molar-refractivity contribution in [1.29, 1.82) is 0 Å². The molecule has 0 saturated heterocycles. The SMILES string of the molecule is Cc1cc(CN(CCC(=O)O)C(C)C)cc(C)c1O. The Morgan fingerprint density at radius 2 is 1.79 bits per heavy atom. The molecule has 0 aliphatic heterocycles. The van der Waals surface area contributed by atoms with E-state index in [1.165, 1.54) is 0 Å². The van der Waals surface area contributed by atoms with Crippen molar-refractivity contribution in [3.63, 3.8) is 0 Å². The van der Waals surface area contributed by atoms with Gasteiger partial charge in [0.25, 0.3) is 0 Å². The molecule has 0 aromatic heterocycles. The molecule has 0 saturated carbocycles. The Labute approximate surface area is 114 Å². The normalized spacial score (nSPS) is 11.3. The number of phenolic OH excluding ortho intramolecular Hbond substituents is 1. The molecule has 0 spiro atoms. The highest BCUT2D eigenvalue weighted by Gasteiger charge is 2.13. The first kappa shape index (κ1) is 15.5. The molecule has 1 aromatic carbocycles. The van der Waals surface area contributed by atoms with Crippen LogP contribution in [0.25, 0.3) is 0 Å². The minimum Gasteiger partial charge on any atom is -0.507 e. The van der Waals surface area contributed by atoms with Gasteiger partial charge in [-0.3, -0.25) is 9.69 Å². The number of aromatic hydroxyl groups is 1. The number of nitrogens with zero attached hydrogens (tertiary/aromatic N) is 1. The van der Waals surface area contributed by atoms with E-state index in [4.69, 9.17) is 5.11 Å². The summed E-state index contributed by atoms with van der Waals surface area (Å²) in [5.74, 6) is -0.436. The Morgan fingerprint density at radius 1 is 1.26 bits per heavy atom. The van der Waals surface area contributed by atoms with Crippen molar-refractivity contribution in [3.05, 3.63) is 28.8 Å². The fraction of sp³-hybridized carbons (Fsp3) is 0.533. The van der Waals surface area contributed by atoms with Crippen LogP contribution in [0.5, 0.6) is 5.75 Å². The molecule has 0 heterocycles. The fourth-order valence-corrected chi connectivity index (χ4v) is 2.13. The average Bonchev–Trinajstić information content (AvgIpc) is 2.30. The molecular weight excluding hydrogens is 242 g/mol. The number of carboxylic acid groups (broad SMARTS) is 1. The van der Waals surface area contributed by atoms with Crippen molar-refractivity contribution in [2.45, 2.75) is 46.7 Å². The summed E-state index contributed by atoms with van der Waals surface area (Å²) < 4.78 is 0. The van der Waals surface area contributed by atoms with E-state index in [9.17, 15) is 9.90 Å². The summed E-state index contributed by atoms with van der Waals surface area (Å²) >= 11 is 0. The molecule has 0 aliphatic carbocycles. The summed E-state index contributed by atoms with van der Waals surface area (Å²) in [4.78, 5) is 12.8. The van der Waals surface area contributed by atoms with Crippen molar-refractivity contribution in [2.24, 2.45) is 0 Å². The second-order valence-electron chi connectivity index (χ2n) is 5.29. The van der Waals surface area contributed by atoms with Crippen LogP contribution in [0.15, 0.2) is 12.1 Å². The molecule has 0 fully saturated rings. The van der Waals surface area contributed by atoms with Crippen LogP contribution in [0.1, 0.15) is 37.0 Å². The zero-order valence-corrected chi connectivity index (χ0v) is 12.1. The van der Waals surface area contributed by atoms with E-state index in [2.05, 4.69) is 18.7 Å². The lowest BCUT2D eigenvalue weighted by Gasteiger charge is -2.26. The van der Waals surface area contributed by atoms with Crippen LogP contribution < -0.4 is 0 Å². The predicted octanol–water partition coefficient (Wildman–Crippen LogP) is 2.69. The summed E-state index contributed by atoms with van der Waals surface area (Å²) in [7, 11) is 0. The Bertz CT molecular complexity index is 432. The maximum Gasteiger partial charge on any atom is 0.304 e. The van der Waals surface area contributed by atoms with E-state index in [0.29, 0.717) is 18.8 Å². The lowest BCUT2D eigenvalue weighted by Crippen LogP contribution is -2.32. The number of phenols is 1. The number of hydrogen-bond donors (Lipinski definition) is 2. The fourth-order valence-electron chi connectivity index (χ4n) is 2.13. The number of rotatable bonds is 6. The molecule has 0 unspecified atom stereocenters. The van der Waals surface area contributed by atoms with Crippen molar-refractivity contribution in [3.8, 4) is 5.75 Å². The third-order valence-corrected chi connectivity index (χ3v) is 3.28. The molecule has 1 rings (SSSR count). The van der Waals surface area contributed by atoms with Gasteiger partial charge in [-0.25, -0.2) is 0 Å². The summed E-state index contributed by atoms with van der Waals surface area (Å²) in [5.41, 5.74) is 2.82. The molecule has 106 valence electrons. The first-order chi connectivity index (χ1) is 8.81. The average molecular weight is 265 g/mol. The van der Waals surface area contributed by atoms with Gasteiger partial charge in [0.15, 0.2) is 0 Å². The quantitative estimate of drug-likeness (QED) is 0.830. The summed E-state index contributed by atoms with van der Waals surface area (Å²) in [6.45, 7) is 9.11. The van der Waals surface area contributed by atoms with E-state index in [1.54, 1.807) is 0 Å². The minimum atomic E-state index is -0.774. The minimum absolute atomic E-state index is 0.147. The van der Waals surface area contributed by atoms with Crippen LogP contribution in [-0.2, 0) is 11.3 Å². The first-order valence-corrected chi connectivity index (χ1v) is 6.56. The molecule has 0 aliphatic rings. The van der Waals surface area contributed by atoms with E-state index in [0.717, 1.165) is 16.7 Å². The Hall–Kier alpha value is -1.55. The van der Waals surface area contributed by atoms with Gasteiger partial charge in [0.2, 0.25) is 0 Å². The van der Waals surface area contributed by atoms with Crippen molar-refractivity contribution < 1.29 is 15.0 Å². The summed E-state index contributed by atoms with van der Waals surface area (Å²) in [5, 5.41) is 18.5. The highest BCUT2D eigenvalue weighted by atomic mass is 16.4. The van der Waals surface area contributed by atoms with Gasteiger partial charge >= 0.3 is 5.97 Å². The third-order valence-electron chi connectivity index (χ3n) is 3.28. The van der Waals surface area contributed by atoms with Crippen LogP contribution in [0.2, 0.25) is 0 Å². The van der Waals surface area contributed by atoms with E-state index in [1.807, 2.05) is 26.0 Å². The van der Waals surface area contributed by atoms with Crippen LogP contribution in [0, 0.1) is 13.8 Å². The monoisotopic (exact) mass is 265 g/mol. The maximum atomic E-state index is 10.7. The molecule has 19 heavy (non-hydrogen) atoms. The largest absolute Gasteiger partial charge is 0.507 e. The van der Waals surface area contributed by atoms with Crippen molar-refractivity contribution in [2.75, 3.05) is 6.54 Å². The third kappa shape index (κ3) is 4.56. The molecular formula is C15H23NO3. The topological polar surface area (TPSA) is 60.8 Å². The summed E-state index contributed by atoms with van der Waals surface area (Å²) in [6, 6.07) is 4.20. The molecule has 2 N–H and O–H groups in total. The van der Waals surface area contributed by atoms with Crippen LogP contribution in [0.4, 0.5) is 0 Å². The molecule has 0 bridgehead atoms. The Kier molecular flexibility index (Phi) is 5.36. The van der Waals surface area contributed by atoms with Crippen LogP contribution >= 0.6 is 0 Å². The van der Waals surface area contributed by atoms with Gasteiger partial charge in [0, 0.05) is 19.1 Å². The van der Waals surface area contributed by atoms with E-state index < -0.39 is 5.97 Å². The van der Waals surface area contributed by atoms with E-state index in [-0.39, 0.29) is 12.5 Å². The van der Waals surface area contributed by atoms with Gasteiger partial charge < -0.3 is 10.2 Å². The second-order valence-corrected chi connectivity index (χ2v) is 5.29. The highest BCUT2D eigenvalue weighted by molar-refractivity contribution is 5.66. The van der Waals surface area contributed by atoms with Crippen LogP contribution in [-0.4, -0.2) is 33.7 Å². The standard InChI is InChI=1S/C15H23NO3/c1-10(2)16(6-5-14(17)18)9-13-7-11(3)15(19)12(4)8-13/h7-8,10,19H,5-6,9H2,1-4H3,(H,17,18). The number of carboxylic acids is 1. The Morgan fingerprint density at radius 3 is 2.21 bits per heavy atom. The number of benzene rings is 1. The van der Waals surface area contributed by atoms with Gasteiger partial charge in [-0.05, 0) is 44.4 Å². The predicted molar refractivity (Wildman–Crippen MR) is 75.4 cm³/mol. The zero-order valence-electron chi connectivity index (χ0n) is 12.1. The molecule has 4 heteroatoms. The van der Waals surface area contributed by atoms with E-state index >= 15 is 0 Å². The number of aryl methyl sites for hydroxylation is 2. The lowest BCUT2D eigenvalue weighted by molar-refractivity contribution is -0.137. The van der Waals surface area contributed by atoms with Gasteiger partial charge in [0.1, 0.15) is 5.75 Å². The van der Waals surface area contributed by atoms with Gasteiger partial charge in [0.05, 0.1) is 6.42 Å². The molecule has 0 radical (unpaired) electrons. The molecule has 1 aromatic rings. The maximum absolute atomic E-state index is 10.7. The number of hydrogen-bond acceptors (Lipinski definition) is 3. The Balaban J connectivity index is 2.82. The smallest absolute Gasteiger partial charge is 0.304 e. The van der Waals surface area contributed by atoms with Crippen molar-refractivity contribution >= 4 is 5.97 Å².